The van der Waals surface area contributed by atoms with Gasteiger partial charge >= 0.3 is 0 Å². The summed E-state index contributed by atoms with van der Waals surface area (Å²) in [6.07, 6.45) is 3.33. The van der Waals surface area contributed by atoms with Crippen LogP contribution in [0.25, 0.3) is 0 Å². The zero-order chi connectivity index (χ0) is 10.7. The van der Waals surface area contributed by atoms with E-state index in [4.69, 9.17) is 5.26 Å². The van der Waals surface area contributed by atoms with Crippen LogP contribution < -0.4 is 5.32 Å². The fourth-order valence-electron chi connectivity index (χ4n) is 1.80. The molecule has 2 rings (SSSR count). The van der Waals surface area contributed by atoms with Crippen LogP contribution in [0.1, 0.15) is 24.1 Å². The second kappa shape index (κ2) is 4.65. The van der Waals surface area contributed by atoms with E-state index in [9.17, 15) is 0 Å². The zero-order valence-corrected chi connectivity index (χ0v) is 10.8. The van der Waals surface area contributed by atoms with Crippen molar-refractivity contribution in [2.75, 3.05) is 6.54 Å². The Labute approximate surface area is 102 Å². The molecule has 0 spiro atoms. The average Bonchev–Trinajstić information content (AvgIpc) is 2.56. The number of hydrogen-bond donors (Lipinski definition) is 1. The predicted octanol–water partition coefficient (Wildman–Crippen LogP) is 3.29. The molecule has 0 atom stereocenters. The first kappa shape index (κ1) is 11.1. The lowest BCUT2D eigenvalue weighted by atomic mass is 9.70. The molecule has 1 aromatic rings. The molecule has 1 saturated carbocycles. The standard InChI is InChI=1S/C11H13BrN2S/c12-10-3-2-9(15-10)6-14-8-11(7-13)4-1-5-11/h2-3,14H,1,4-6,8H2. The molecule has 15 heavy (non-hydrogen) atoms. The van der Waals surface area contributed by atoms with E-state index >= 15 is 0 Å². The maximum atomic E-state index is 9.04. The zero-order valence-electron chi connectivity index (χ0n) is 8.42. The van der Waals surface area contributed by atoms with Gasteiger partial charge in [-0.25, -0.2) is 0 Å². The summed E-state index contributed by atoms with van der Waals surface area (Å²) in [6.45, 7) is 1.71. The fraction of sp³-hybridized carbons (Fsp3) is 0.545. The normalized spacial score (nSPS) is 18.1. The van der Waals surface area contributed by atoms with Crippen LogP contribution >= 0.6 is 27.3 Å². The van der Waals surface area contributed by atoms with Crippen molar-refractivity contribution in [2.45, 2.75) is 25.8 Å². The summed E-state index contributed by atoms with van der Waals surface area (Å²) in [5.74, 6) is 0. The van der Waals surface area contributed by atoms with E-state index in [-0.39, 0.29) is 5.41 Å². The van der Waals surface area contributed by atoms with Crippen LogP contribution in [0.2, 0.25) is 0 Å². The van der Waals surface area contributed by atoms with Gasteiger partial charge in [-0.05, 0) is 40.9 Å². The first-order valence-corrected chi connectivity index (χ1v) is 6.71. The Morgan fingerprint density at radius 3 is 2.80 bits per heavy atom. The minimum Gasteiger partial charge on any atom is -0.310 e. The van der Waals surface area contributed by atoms with Crippen LogP contribution in [-0.2, 0) is 6.54 Å². The van der Waals surface area contributed by atoms with Gasteiger partial charge in [0.2, 0.25) is 0 Å². The predicted molar refractivity (Wildman–Crippen MR) is 65.6 cm³/mol. The molecule has 1 aromatic heterocycles. The lowest BCUT2D eigenvalue weighted by molar-refractivity contribution is 0.207. The summed E-state index contributed by atoms with van der Waals surface area (Å²) < 4.78 is 1.16. The van der Waals surface area contributed by atoms with Gasteiger partial charge in [-0.15, -0.1) is 11.3 Å². The Balaban J connectivity index is 1.78. The van der Waals surface area contributed by atoms with E-state index in [0.717, 1.165) is 29.7 Å². The van der Waals surface area contributed by atoms with Gasteiger partial charge in [0.05, 0.1) is 15.3 Å². The summed E-state index contributed by atoms with van der Waals surface area (Å²) in [5.41, 5.74) is -0.0610. The molecule has 0 amide bonds. The van der Waals surface area contributed by atoms with Crippen LogP contribution in [0, 0.1) is 16.7 Å². The molecule has 2 nitrogen and oxygen atoms in total. The Kier molecular flexibility index (Phi) is 3.45. The summed E-state index contributed by atoms with van der Waals surface area (Å²) >= 11 is 5.18. The number of rotatable bonds is 4. The molecule has 4 heteroatoms. The molecule has 1 aliphatic carbocycles. The van der Waals surface area contributed by atoms with Crippen molar-refractivity contribution in [2.24, 2.45) is 5.41 Å². The molecule has 0 unspecified atom stereocenters. The van der Waals surface area contributed by atoms with Gasteiger partial charge in [-0.1, -0.05) is 6.42 Å². The van der Waals surface area contributed by atoms with Crippen LogP contribution in [0.5, 0.6) is 0 Å². The molecule has 0 aromatic carbocycles. The van der Waals surface area contributed by atoms with Crippen molar-refractivity contribution in [3.63, 3.8) is 0 Å². The summed E-state index contributed by atoms with van der Waals surface area (Å²) in [4.78, 5) is 1.31. The summed E-state index contributed by atoms with van der Waals surface area (Å²) in [7, 11) is 0. The Morgan fingerprint density at radius 1 is 1.53 bits per heavy atom. The highest BCUT2D eigenvalue weighted by molar-refractivity contribution is 9.11. The van der Waals surface area contributed by atoms with Crippen molar-refractivity contribution in [3.8, 4) is 6.07 Å². The third-order valence-electron chi connectivity index (χ3n) is 2.94. The van der Waals surface area contributed by atoms with Crippen LogP contribution in [-0.4, -0.2) is 6.54 Å². The van der Waals surface area contributed by atoms with E-state index in [1.807, 2.05) is 0 Å². The lowest BCUT2D eigenvalue weighted by Crippen LogP contribution is -2.38. The van der Waals surface area contributed by atoms with Gasteiger partial charge in [0.1, 0.15) is 0 Å². The lowest BCUT2D eigenvalue weighted by Gasteiger charge is -2.35. The van der Waals surface area contributed by atoms with Crippen LogP contribution in [0.3, 0.4) is 0 Å². The van der Waals surface area contributed by atoms with Gasteiger partial charge in [0.25, 0.3) is 0 Å². The van der Waals surface area contributed by atoms with E-state index in [1.54, 1.807) is 11.3 Å². The van der Waals surface area contributed by atoms with Crippen molar-refractivity contribution < 1.29 is 0 Å². The van der Waals surface area contributed by atoms with Crippen molar-refractivity contribution in [1.82, 2.24) is 5.32 Å². The van der Waals surface area contributed by atoms with Gasteiger partial charge in [-0.3, -0.25) is 0 Å². The minimum atomic E-state index is -0.0610. The highest BCUT2D eigenvalue weighted by atomic mass is 79.9. The smallest absolute Gasteiger partial charge is 0.0703 e. The molecule has 1 fully saturated rings. The van der Waals surface area contributed by atoms with Crippen molar-refractivity contribution in [1.29, 1.82) is 5.26 Å². The molecule has 1 aliphatic rings. The van der Waals surface area contributed by atoms with E-state index in [0.29, 0.717) is 0 Å². The second-order valence-electron chi connectivity index (χ2n) is 4.06. The number of nitriles is 1. The van der Waals surface area contributed by atoms with E-state index in [1.165, 1.54) is 11.3 Å². The monoisotopic (exact) mass is 284 g/mol. The first-order chi connectivity index (χ1) is 7.24. The van der Waals surface area contributed by atoms with Gasteiger partial charge < -0.3 is 5.32 Å². The fourth-order valence-corrected chi connectivity index (χ4v) is 3.26. The highest BCUT2D eigenvalue weighted by Crippen LogP contribution is 2.39. The molecule has 1 heterocycles. The molecular weight excluding hydrogens is 272 g/mol. The maximum absolute atomic E-state index is 9.04. The van der Waals surface area contributed by atoms with Gasteiger partial charge in [0, 0.05) is 18.0 Å². The SMILES string of the molecule is N#CC1(CNCc2ccc(Br)s2)CCC1. The summed E-state index contributed by atoms with van der Waals surface area (Å²) in [6, 6.07) is 6.61. The number of thiophene rings is 1. The van der Waals surface area contributed by atoms with Gasteiger partial charge in [0.15, 0.2) is 0 Å². The molecule has 0 aliphatic heterocycles. The minimum absolute atomic E-state index is 0.0610. The quantitative estimate of drug-likeness (QED) is 0.921. The third-order valence-corrected chi connectivity index (χ3v) is 4.56. The summed E-state index contributed by atoms with van der Waals surface area (Å²) in [5, 5.41) is 12.4. The van der Waals surface area contributed by atoms with E-state index < -0.39 is 0 Å². The number of hydrogen-bond acceptors (Lipinski definition) is 3. The van der Waals surface area contributed by atoms with E-state index in [2.05, 4.69) is 39.4 Å². The first-order valence-electron chi connectivity index (χ1n) is 5.10. The van der Waals surface area contributed by atoms with Crippen LogP contribution in [0.4, 0.5) is 0 Å². The van der Waals surface area contributed by atoms with Gasteiger partial charge in [-0.2, -0.15) is 5.26 Å². The number of halogens is 1. The molecule has 1 N–H and O–H groups in total. The molecule has 0 saturated heterocycles. The molecular formula is C11H13BrN2S. The Bertz CT molecular complexity index is 376. The largest absolute Gasteiger partial charge is 0.310 e. The highest BCUT2D eigenvalue weighted by Gasteiger charge is 2.36. The average molecular weight is 285 g/mol. The van der Waals surface area contributed by atoms with Crippen molar-refractivity contribution >= 4 is 27.3 Å². The van der Waals surface area contributed by atoms with Crippen LogP contribution in [0.15, 0.2) is 15.9 Å². The molecule has 80 valence electrons. The molecule has 0 radical (unpaired) electrons. The third kappa shape index (κ3) is 2.60. The number of nitrogens with one attached hydrogen (secondary N) is 1. The topological polar surface area (TPSA) is 35.8 Å². The van der Waals surface area contributed by atoms with Crippen molar-refractivity contribution in [3.05, 3.63) is 20.8 Å². The second-order valence-corrected chi connectivity index (χ2v) is 6.60. The number of nitrogens with zero attached hydrogens (tertiary/aromatic N) is 1. The maximum Gasteiger partial charge on any atom is 0.0703 e. The Hall–Kier alpha value is -0.370. The molecule has 0 bridgehead atoms. The Morgan fingerprint density at radius 2 is 2.33 bits per heavy atom.